The molecule has 1 aliphatic heterocycles. The molecule has 0 unspecified atom stereocenters. The summed E-state index contributed by atoms with van der Waals surface area (Å²) in [5.74, 6) is -4.77. The molecule has 3 saturated carbocycles. The van der Waals surface area contributed by atoms with E-state index in [1.165, 1.54) is 42.5 Å². The van der Waals surface area contributed by atoms with Crippen molar-refractivity contribution in [2.45, 2.75) is 43.7 Å². The number of nitrogens with zero attached hydrogens (tertiary/aromatic N) is 1. The van der Waals surface area contributed by atoms with Crippen LogP contribution in [0, 0.1) is 23.0 Å². The number of sulfonamides is 1. The first kappa shape index (κ1) is 23.3. The second kappa shape index (κ2) is 7.78. The molecule has 10 heteroatoms. The van der Waals surface area contributed by atoms with E-state index in [0.717, 1.165) is 11.2 Å². The van der Waals surface area contributed by atoms with Crippen molar-refractivity contribution in [1.29, 1.82) is 0 Å². The van der Waals surface area contributed by atoms with Gasteiger partial charge in [0.15, 0.2) is 0 Å². The highest BCUT2D eigenvalue weighted by atomic mass is 32.2. The SMILES string of the molecule is CS(=O)(=O)N[C@@H]1[C@H](Cc2cccc(-c3cccc(F)c3)c2F)N(C(=O)C23CC(C2)C3)CC1(F)F. The third-order valence-corrected chi connectivity index (χ3v) is 8.04. The van der Waals surface area contributed by atoms with Crippen LogP contribution in [-0.2, 0) is 21.2 Å². The lowest BCUT2D eigenvalue weighted by atomic mass is 9.44. The Kier molecular flexibility index (Phi) is 5.33. The first-order chi connectivity index (χ1) is 15.9. The number of hydrogen-bond acceptors (Lipinski definition) is 3. The summed E-state index contributed by atoms with van der Waals surface area (Å²) in [7, 11) is -4.04. The molecule has 182 valence electrons. The van der Waals surface area contributed by atoms with E-state index in [1.807, 2.05) is 4.72 Å². The summed E-state index contributed by atoms with van der Waals surface area (Å²) in [6.07, 6.45) is 2.40. The molecular weight excluding hydrogens is 472 g/mol. The molecule has 5 nitrogen and oxygen atoms in total. The Balaban J connectivity index is 1.52. The molecule has 2 aromatic carbocycles. The van der Waals surface area contributed by atoms with Gasteiger partial charge in [0.05, 0.1) is 24.3 Å². The van der Waals surface area contributed by atoms with E-state index in [2.05, 4.69) is 0 Å². The second-order valence-electron chi connectivity index (χ2n) is 9.88. The molecule has 2 atom stereocenters. The first-order valence-electron chi connectivity index (χ1n) is 11.1. The zero-order chi connectivity index (χ0) is 24.5. The fraction of sp³-hybridized carbons (Fsp3) is 0.458. The van der Waals surface area contributed by atoms with Gasteiger partial charge in [-0.3, -0.25) is 4.79 Å². The summed E-state index contributed by atoms with van der Waals surface area (Å²) < 4.78 is 85.1. The van der Waals surface area contributed by atoms with Gasteiger partial charge in [-0.25, -0.2) is 30.7 Å². The van der Waals surface area contributed by atoms with Crippen LogP contribution in [0.25, 0.3) is 11.1 Å². The van der Waals surface area contributed by atoms with Crippen molar-refractivity contribution in [1.82, 2.24) is 9.62 Å². The minimum Gasteiger partial charge on any atom is -0.331 e. The minimum absolute atomic E-state index is 0.0418. The lowest BCUT2D eigenvalue weighted by Crippen LogP contribution is -2.62. The number of halogens is 4. The summed E-state index contributed by atoms with van der Waals surface area (Å²) >= 11 is 0. The number of likely N-dealkylation sites (tertiary alicyclic amines) is 1. The molecule has 1 amide bonds. The highest BCUT2D eigenvalue weighted by Crippen LogP contribution is 2.65. The number of nitrogens with one attached hydrogen (secondary N) is 1. The molecule has 0 radical (unpaired) electrons. The fourth-order valence-corrected chi connectivity index (χ4v) is 6.43. The van der Waals surface area contributed by atoms with Gasteiger partial charge in [-0.1, -0.05) is 30.3 Å². The topological polar surface area (TPSA) is 66.5 Å². The van der Waals surface area contributed by atoms with Gasteiger partial charge >= 0.3 is 0 Å². The highest BCUT2D eigenvalue weighted by Gasteiger charge is 2.66. The smallest absolute Gasteiger partial charge is 0.283 e. The molecule has 4 fully saturated rings. The van der Waals surface area contributed by atoms with Crippen molar-refractivity contribution in [3.05, 3.63) is 59.7 Å². The summed E-state index contributed by atoms with van der Waals surface area (Å²) in [6.45, 7) is -0.929. The quantitative estimate of drug-likeness (QED) is 0.620. The fourth-order valence-electron chi connectivity index (χ4n) is 5.64. The average Bonchev–Trinajstić information content (AvgIpc) is 2.90. The first-order valence-corrected chi connectivity index (χ1v) is 13.0. The monoisotopic (exact) mass is 496 g/mol. The number of carbonyl (C=O) groups is 1. The highest BCUT2D eigenvalue weighted by molar-refractivity contribution is 7.88. The predicted octanol–water partition coefficient (Wildman–Crippen LogP) is 3.74. The number of benzene rings is 2. The molecular formula is C24H24F4N2O3S. The van der Waals surface area contributed by atoms with E-state index in [0.29, 0.717) is 25.2 Å². The maximum atomic E-state index is 15.5. The van der Waals surface area contributed by atoms with Crippen molar-refractivity contribution < 1.29 is 30.8 Å². The Morgan fingerprint density at radius 3 is 2.38 bits per heavy atom. The van der Waals surface area contributed by atoms with Gasteiger partial charge in [0.25, 0.3) is 5.92 Å². The molecule has 1 saturated heterocycles. The van der Waals surface area contributed by atoms with Crippen LogP contribution in [0.15, 0.2) is 42.5 Å². The van der Waals surface area contributed by atoms with Crippen LogP contribution in [-0.4, -0.2) is 50.0 Å². The van der Waals surface area contributed by atoms with E-state index in [1.54, 1.807) is 0 Å². The zero-order valence-electron chi connectivity index (χ0n) is 18.4. The van der Waals surface area contributed by atoms with Crippen LogP contribution in [0.1, 0.15) is 24.8 Å². The Bertz CT molecular complexity index is 1250. The molecule has 4 aliphatic rings. The van der Waals surface area contributed by atoms with Crippen LogP contribution in [0.2, 0.25) is 0 Å². The van der Waals surface area contributed by atoms with Crippen molar-refractivity contribution >= 4 is 15.9 Å². The van der Waals surface area contributed by atoms with Crippen molar-refractivity contribution in [3.8, 4) is 11.1 Å². The molecule has 2 aromatic rings. The van der Waals surface area contributed by atoms with Crippen LogP contribution < -0.4 is 4.72 Å². The number of alkyl halides is 2. The standard InChI is InChI=1S/C24H24F4N2O3S/c1-34(32,33)29-21-19(30(13-24(21,27)28)22(31)23-10-14(11-23)12-23)9-16-5-3-7-18(20(16)26)15-4-2-6-17(25)8-15/h2-8,14,19,21,29H,9-13H2,1H3/t14?,19-,21+,23?/m0/s1. The minimum atomic E-state index is -4.04. The molecule has 3 aliphatic carbocycles. The Morgan fingerprint density at radius 1 is 1.12 bits per heavy atom. The van der Waals surface area contributed by atoms with Crippen molar-refractivity contribution in [3.63, 3.8) is 0 Å². The van der Waals surface area contributed by atoms with E-state index in [9.17, 15) is 17.6 Å². The van der Waals surface area contributed by atoms with E-state index in [-0.39, 0.29) is 23.1 Å². The summed E-state index contributed by atoms with van der Waals surface area (Å²) in [5, 5.41) is 0. The second-order valence-corrected chi connectivity index (χ2v) is 11.7. The van der Waals surface area contributed by atoms with Crippen LogP contribution in [0.3, 0.4) is 0 Å². The summed E-state index contributed by atoms with van der Waals surface area (Å²) in [4.78, 5) is 14.3. The van der Waals surface area contributed by atoms with Crippen molar-refractivity contribution in [2.75, 3.05) is 12.8 Å². The molecule has 2 bridgehead atoms. The molecule has 1 N–H and O–H groups in total. The molecule has 0 aromatic heterocycles. The van der Waals surface area contributed by atoms with Gasteiger partial charge in [-0.2, -0.15) is 0 Å². The van der Waals surface area contributed by atoms with Gasteiger partial charge < -0.3 is 4.90 Å². The summed E-state index contributed by atoms with van der Waals surface area (Å²) in [6, 6.07) is 6.58. The largest absolute Gasteiger partial charge is 0.331 e. The van der Waals surface area contributed by atoms with Crippen LogP contribution in [0.4, 0.5) is 17.6 Å². The van der Waals surface area contributed by atoms with Crippen LogP contribution in [0.5, 0.6) is 0 Å². The van der Waals surface area contributed by atoms with Gasteiger partial charge in [0.2, 0.25) is 15.9 Å². The number of hydrogen-bond donors (Lipinski definition) is 1. The van der Waals surface area contributed by atoms with Crippen LogP contribution >= 0.6 is 0 Å². The molecule has 0 spiro atoms. The predicted molar refractivity (Wildman–Crippen MR) is 117 cm³/mol. The van der Waals surface area contributed by atoms with Crippen molar-refractivity contribution in [2.24, 2.45) is 11.3 Å². The van der Waals surface area contributed by atoms with Gasteiger partial charge in [-0.05, 0) is 54.9 Å². The maximum absolute atomic E-state index is 15.5. The van der Waals surface area contributed by atoms with Gasteiger partial charge in [0, 0.05) is 5.56 Å². The van der Waals surface area contributed by atoms with Gasteiger partial charge in [0.1, 0.15) is 17.7 Å². The average molecular weight is 497 g/mol. The third-order valence-electron chi connectivity index (χ3n) is 7.36. The molecule has 6 rings (SSSR count). The maximum Gasteiger partial charge on any atom is 0.283 e. The molecule has 34 heavy (non-hydrogen) atoms. The Hall–Kier alpha value is -2.46. The lowest BCUT2D eigenvalue weighted by Gasteiger charge is -2.61. The Labute approximate surface area is 195 Å². The number of amides is 1. The van der Waals surface area contributed by atoms with E-state index in [4.69, 9.17) is 0 Å². The Morgan fingerprint density at radius 2 is 1.79 bits per heavy atom. The normalized spacial score (nSPS) is 29.4. The lowest BCUT2D eigenvalue weighted by molar-refractivity contribution is -0.178. The third kappa shape index (κ3) is 3.90. The molecule has 1 heterocycles. The number of carbonyl (C=O) groups excluding carboxylic acids is 1. The summed E-state index contributed by atoms with van der Waals surface area (Å²) in [5.41, 5.74) is -0.239. The van der Waals surface area contributed by atoms with E-state index < -0.39 is 57.5 Å². The van der Waals surface area contributed by atoms with E-state index >= 15 is 13.2 Å². The number of rotatable bonds is 6. The van der Waals surface area contributed by atoms with Gasteiger partial charge in [-0.15, -0.1) is 0 Å². The zero-order valence-corrected chi connectivity index (χ0v) is 19.2.